The molecule has 1 aromatic carbocycles. The molecule has 1 aliphatic heterocycles. The summed E-state index contributed by atoms with van der Waals surface area (Å²) < 4.78 is 18.5. The van der Waals surface area contributed by atoms with Crippen LogP contribution >= 0.6 is 0 Å². The summed E-state index contributed by atoms with van der Waals surface area (Å²) in [5.74, 6) is -0.522. The van der Waals surface area contributed by atoms with Crippen molar-refractivity contribution in [3.63, 3.8) is 0 Å². The number of carbonyl (C=O) groups is 1. The van der Waals surface area contributed by atoms with Gasteiger partial charge >= 0.3 is 6.09 Å². The largest absolute Gasteiger partial charge is 0.437 e. The fraction of sp³-hybridized carbons (Fsp3) is 0.417. The van der Waals surface area contributed by atoms with Crippen LogP contribution in [-0.2, 0) is 4.74 Å². The van der Waals surface area contributed by atoms with Gasteiger partial charge < -0.3 is 9.84 Å². The molecule has 2 rings (SSSR count). The van der Waals surface area contributed by atoms with Crippen LogP contribution < -0.4 is 5.43 Å². The molecule has 0 spiro atoms. The van der Waals surface area contributed by atoms with E-state index in [1.807, 2.05) is 0 Å². The molecule has 0 unspecified atom stereocenters. The number of para-hydroxylation sites is 1. The highest BCUT2D eigenvalue weighted by Crippen LogP contribution is 2.37. The van der Waals surface area contributed by atoms with Gasteiger partial charge in [-0.05, 0) is 32.9 Å². The van der Waals surface area contributed by atoms with E-state index in [0.29, 0.717) is 0 Å². The van der Waals surface area contributed by atoms with E-state index >= 15 is 0 Å². The van der Waals surface area contributed by atoms with Crippen molar-refractivity contribution in [3.8, 4) is 0 Å². The lowest BCUT2D eigenvalue weighted by molar-refractivity contribution is -0.121. The van der Waals surface area contributed by atoms with Crippen molar-refractivity contribution in [1.82, 2.24) is 5.01 Å². The van der Waals surface area contributed by atoms with Crippen LogP contribution in [0.4, 0.5) is 14.9 Å². The van der Waals surface area contributed by atoms with Gasteiger partial charge in [-0.3, -0.25) is 5.43 Å². The topological polar surface area (TPSA) is 61.8 Å². The normalized spacial score (nSPS) is 26.1. The lowest BCUT2D eigenvalue weighted by Crippen LogP contribution is -2.55. The first-order valence-electron chi connectivity index (χ1n) is 5.52. The zero-order valence-electron chi connectivity index (χ0n) is 10.4. The van der Waals surface area contributed by atoms with E-state index in [-0.39, 0.29) is 5.69 Å². The number of ether oxygens (including phenoxy) is 1. The van der Waals surface area contributed by atoms with Crippen molar-refractivity contribution < 1.29 is 19.0 Å². The van der Waals surface area contributed by atoms with Crippen molar-refractivity contribution in [1.29, 1.82) is 0 Å². The van der Waals surface area contributed by atoms with Crippen molar-refractivity contribution in [3.05, 3.63) is 30.1 Å². The predicted molar refractivity (Wildman–Crippen MR) is 63.0 cm³/mol. The standard InChI is InChI=1S/C12H15FN2O3/c1-11(2)12(3,17)15(10(16)18-11)14-9-7-5-4-6-8(9)13/h4-7,14,17H,1-3H3/t12-/m0/s1. The fourth-order valence-electron chi connectivity index (χ4n) is 1.63. The number of hydrogen-bond acceptors (Lipinski definition) is 4. The van der Waals surface area contributed by atoms with Gasteiger partial charge in [-0.2, -0.15) is 5.01 Å². The minimum Gasteiger partial charge on any atom is -0.437 e. The Labute approximate surface area is 104 Å². The molecule has 1 fully saturated rings. The molecule has 0 saturated carbocycles. The third-order valence-corrected chi connectivity index (χ3v) is 3.21. The number of benzene rings is 1. The number of rotatable bonds is 2. The number of nitrogens with one attached hydrogen (secondary N) is 1. The highest BCUT2D eigenvalue weighted by molar-refractivity contribution is 5.74. The zero-order valence-corrected chi connectivity index (χ0v) is 10.4. The Bertz CT molecular complexity index is 488. The summed E-state index contributed by atoms with van der Waals surface area (Å²) in [6.45, 7) is 4.58. The first kappa shape index (κ1) is 12.6. The molecule has 98 valence electrons. The summed E-state index contributed by atoms with van der Waals surface area (Å²) >= 11 is 0. The van der Waals surface area contributed by atoms with E-state index in [1.165, 1.54) is 25.1 Å². The van der Waals surface area contributed by atoms with Crippen molar-refractivity contribution >= 4 is 11.8 Å². The second kappa shape index (κ2) is 3.84. The van der Waals surface area contributed by atoms with Gasteiger partial charge in [-0.15, -0.1) is 0 Å². The van der Waals surface area contributed by atoms with Gasteiger partial charge in [0.15, 0.2) is 11.3 Å². The lowest BCUT2D eigenvalue weighted by atomic mass is 9.97. The van der Waals surface area contributed by atoms with Gasteiger partial charge in [0.2, 0.25) is 0 Å². The molecule has 1 heterocycles. The second-order valence-electron chi connectivity index (χ2n) is 4.83. The number of hydrazine groups is 1. The quantitative estimate of drug-likeness (QED) is 0.848. The summed E-state index contributed by atoms with van der Waals surface area (Å²) in [6.07, 6.45) is -0.756. The Hall–Kier alpha value is -1.82. The number of hydrogen-bond donors (Lipinski definition) is 2. The molecule has 1 saturated heterocycles. The van der Waals surface area contributed by atoms with Gasteiger partial charge in [0, 0.05) is 0 Å². The van der Waals surface area contributed by atoms with E-state index in [9.17, 15) is 14.3 Å². The molecule has 1 amide bonds. The van der Waals surface area contributed by atoms with Gasteiger partial charge in [0.05, 0.1) is 5.69 Å². The SMILES string of the molecule is CC1(C)OC(=O)N(Nc2ccccc2F)[C@@]1(C)O. The maximum absolute atomic E-state index is 13.5. The van der Waals surface area contributed by atoms with Crippen LogP contribution in [0.15, 0.2) is 24.3 Å². The molecule has 5 nitrogen and oxygen atoms in total. The van der Waals surface area contributed by atoms with Crippen molar-refractivity contribution in [2.75, 3.05) is 5.43 Å². The number of nitrogens with zero attached hydrogens (tertiary/aromatic N) is 1. The zero-order chi connectivity index (χ0) is 13.6. The minimum atomic E-state index is -1.59. The average Bonchev–Trinajstić information content (AvgIpc) is 2.40. The molecular formula is C12H15FN2O3. The number of carbonyl (C=O) groups excluding carboxylic acids is 1. The summed E-state index contributed by atoms with van der Waals surface area (Å²) in [7, 11) is 0. The summed E-state index contributed by atoms with van der Waals surface area (Å²) in [4.78, 5) is 11.7. The van der Waals surface area contributed by atoms with Gasteiger partial charge in [-0.1, -0.05) is 12.1 Å². The van der Waals surface area contributed by atoms with Gasteiger partial charge in [-0.25, -0.2) is 9.18 Å². The molecule has 0 aliphatic carbocycles. The summed E-state index contributed by atoms with van der Waals surface area (Å²) in [5, 5.41) is 11.2. The van der Waals surface area contributed by atoms with Crippen LogP contribution in [0.2, 0.25) is 0 Å². The Morgan fingerprint density at radius 3 is 2.44 bits per heavy atom. The molecule has 0 bridgehead atoms. The predicted octanol–water partition coefficient (Wildman–Crippen LogP) is 2.09. The Kier molecular flexibility index (Phi) is 2.70. The molecule has 1 aliphatic rings. The minimum absolute atomic E-state index is 0.0902. The van der Waals surface area contributed by atoms with Crippen LogP contribution in [0.3, 0.4) is 0 Å². The molecule has 0 radical (unpaired) electrons. The molecule has 6 heteroatoms. The number of amides is 1. The monoisotopic (exact) mass is 254 g/mol. The average molecular weight is 254 g/mol. The molecule has 1 aromatic rings. The smallest absolute Gasteiger partial charge is 0.432 e. The number of aliphatic hydroxyl groups is 1. The summed E-state index contributed by atoms with van der Waals surface area (Å²) in [6, 6.07) is 5.87. The highest BCUT2D eigenvalue weighted by atomic mass is 19.1. The van der Waals surface area contributed by atoms with E-state index < -0.39 is 23.2 Å². The Morgan fingerprint density at radius 2 is 1.94 bits per heavy atom. The second-order valence-corrected chi connectivity index (χ2v) is 4.83. The Morgan fingerprint density at radius 1 is 1.33 bits per heavy atom. The Balaban J connectivity index is 2.30. The highest BCUT2D eigenvalue weighted by Gasteiger charge is 2.57. The van der Waals surface area contributed by atoms with Crippen LogP contribution in [0.5, 0.6) is 0 Å². The number of cyclic esters (lactones) is 1. The maximum Gasteiger partial charge on any atom is 0.432 e. The maximum atomic E-state index is 13.5. The van der Waals surface area contributed by atoms with E-state index in [1.54, 1.807) is 19.9 Å². The molecule has 0 aromatic heterocycles. The third-order valence-electron chi connectivity index (χ3n) is 3.21. The molecule has 2 N–H and O–H groups in total. The van der Waals surface area contributed by atoms with Crippen LogP contribution in [0.1, 0.15) is 20.8 Å². The van der Waals surface area contributed by atoms with E-state index in [4.69, 9.17) is 4.74 Å². The van der Waals surface area contributed by atoms with E-state index in [0.717, 1.165) is 5.01 Å². The van der Waals surface area contributed by atoms with Gasteiger partial charge in [0.25, 0.3) is 0 Å². The van der Waals surface area contributed by atoms with Gasteiger partial charge in [0.1, 0.15) is 5.82 Å². The fourth-order valence-corrected chi connectivity index (χ4v) is 1.63. The lowest BCUT2D eigenvalue weighted by Gasteiger charge is -2.34. The molecule has 1 atom stereocenters. The number of halogens is 1. The third kappa shape index (κ3) is 1.78. The molecule has 18 heavy (non-hydrogen) atoms. The van der Waals surface area contributed by atoms with Crippen LogP contribution in [0.25, 0.3) is 0 Å². The van der Waals surface area contributed by atoms with Crippen molar-refractivity contribution in [2.45, 2.75) is 32.1 Å². The summed E-state index contributed by atoms with van der Waals surface area (Å²) in [5.41, 5.74) is -0.0570. The van der Waals surface area contributed by atoms with Crippen molar-refractivity contribution in [2.24, 2.45) is 0 Å². The first-order chi connectivity index (χ1) is 8.25. The van der Waals surface area contributed by atoms with Crippen LogP contribution in [-0.4, -0.2) is 27.5 Å². The molecular weight excluding hydrogens is 239 g/mol. The van der Waals surface area contributed by atoms with Crippen LogP contribution in [0, 0.1) is 5.82 Å². The first-order valence-corrected chi connectivity index (χ1v) is 5.52. The van der Waals surface area contributed by atoms with E-state index in [2.05, 4.69) is 5.43 Å². The number of anilines is 1.